The van der Waals surface area contributed by atoms with E-state index in [0.29, 0.717) is 58.1 Å². The molecule has 12 aromatic heterocycles. The van der Waals surface area contributed by atoms with Crippen LogP contribution in [0.25, 0.3) is 279 Å². The molecule has 30 aromatic rings. The van der Waals surface area contributed by atoms with Crippen molar-refractivity contribution in [2.45, 2.75) is 0 Å². The van der Waals surface area contributed by atoms with Gasteiger partial charge in [-0.15, -0.1) is 34.0 Å². The van der Waals surface area contributed by atoms with E-state index in [4.69, 9.17) is 59.8 Å². The Morgan fingerprint density at radius 2 is 0.413 bits per heavy atom. The molecule has 0 N–H and O–H groups in total. The molecule has 0 aliphatic rings. The zero-order chi connectivity index (χ0) is 99.1. The second-order valence-corrected chi connectivity index (χ2v) is 40.2. The second kappa shape index (κ2) is 37.6. The lowest BCUT2D eigenvalue weighted by Crippen LogP contribution is -2.03. The molecule has 18 aromatic carbocycles. The lowest BCUT2D eigenvalue weighted by molar-refractivity contribution is 1.03. The first kappa shape index (κ1) is 88.2. The number of thiophene rings is 3. The summed E-state index contributed by atoms with van der Waals surface area (Å²) in [6.45, 7) is 0. The lowest BCUT2D eigenvalue weighted by Gasteiger charge is -2.11. The molecule has 18 heteroatoms. The smallest absolute Gasteiger partial charge is 0.182 e. The molecule has 0 radical (unpaired) electrons. The van der Waals surface area contributed by atoms with Crippen molar-refractivity contribution >= 4 is 160 Å². The molecule has 702 valence electrons. The predicted molar refractivity (Wildman–Crippen MR) is 620 cm³/mol. The van der Waals surface area contributed by atoms with Crippen LogP contribution in [0, 0.1) is 0 Å². The first-order valence-electron chi connectivity index (χ1n) is 49.7. The monoisotopic (exact) mass is 1970 g/mol. The van der Waals surface area contributed by atoms with Gasteiger partial charge in [0, 0.05) is 150 Å². The van der Waals surface area contributed by atoms with Crippen LogP contribution in [0.15, 0.2) is 492 Å². The summed E-state index contributed by atoms with van der Waals surface area (Å²) < 4.78 is 14.6. The van der Waals surface area contributed by atoms with Crippen molar-refractivity contribution in [1.82, 2.24) is 73.5 Å². The second-order valence-electron chi connectivity index (χ2n) is 37.0. The minimum absolute atomic E-state index is 0.525. The molecule has 15 nitrogen and oxygen atoms in total. The number of pyridine rings is 3. The average molecular weight is 1970 g/mol. The molecule has 0 bridgehead atoms. The van der Waals surface area contributed by atoms with Gasteiger partial charge in [-0.2, -0.15) is 0 Å². The van der Waals surface area contributed by atoms with Gasteiger partial charge < -0.3 is 0 Å². The minimum atomic E-state index is 0.525. The normalized spacial score (nSPS) is 11.6. The van der Waals surface area contributed by atoms with Crippen molar-refractivity contribution in [3.63, 3.8) is 0 Å². The average Bonchev–Trinajstić information content (AvgIpc) is 1.59. The third-order valence-corrected chi connectivity index (χ3v) is 31.4. The molecule has 0 saturated carbocycles. The van der Waals surface area contributed by atoms with E-state index in [2.05, 4.69) is 293 Å². The molecule has 0 aliphatic carbocycles. The van der Waals surface area contributed by atoms with E-state index in [9.17, 15) is 0 Å². The van der Waals surface area contributed by atoms with Crippen LogP contribution in [-0.2, 0) is 0 Å². The standard InChI is InChI=1S/3C44H27N5S/c1-3-12-28(13-4-1)42-46-43(29-14-5-2-6-15-29)48-44(47-42)36-18-11-21-41(45-36)49-37-19-9-7-16-32(37)33-24-22-31(27-38(33)49)30-23-25-40-35(26-30)34-17-8-10-20-39(34)50-40;1-3-11-28(12-4-1)42-46-43(29-13-5-2-6-14-29)48-44(47-42)32-21-24-41(45-27-32)49-37-17-9-7-15-33(37)34-22-19-31(26-38(34)49)30-20-23-40-36(25-30)35-16-8-10-18-39(35)50-40;1-3-11-28(12-4-1)42-46-43(29-13-5-2-6-14-29)48-44(47-42)32-23-24-45-41(27-32)49-37-17-9-7-15-33(37)34-21-19-31(26-38(34)49)30-20-22-40-36(25-30)35-16-8-10-18-39(35)50-40/h3*1-27H. The van der Waals surface area contributed by atoms with Crippen molar-refractivity contribution in [2.75, 3.05) is 0 Å². The van der Waals surface area contributed by atoms with Crippen LogP contribution in [0.3, 0.4) is 0 Å². The van der Waals surface area contributed by atoms with Gasteiger partial charge in [0.1, 0.15) is 23.1 Å². The van der Waals surface area contributed by atoms with Gasteiger partial charge in [-0.3, -0.25) is 13.7 Å². The van der Waals surface area contributed by atoms with Crippen LogP contribution in [-0.4, -0.2) is 73.5 Å². The Labute approximate surface area is 871 Å². The first-order valence-corrected chi connectivity index (χ1v) is 52.1. The minimum Gasteiger partial charge on any atom is -0.294 e. The number of rotatable bonds is 15. The predicted octanol–water partition coefficient (Wildman–Crippen LogP) is 34.2. The SMILES string of the molecule is c1ccc(-c2nc(-c3ccccc3)nc(-c3ccc(-n4c5ccccc5c5ccc(-c6ccc7sc8ccccc8c7c6)cc54)nc3)n2)cc1.c1ccc(-c2nc(-c3ccccc3)nc(-c3cccc(-n4c5ccccc5c5ccc(-c6ccc7sc8ccccc8c7c6)cc54)n3)n2)cc1.c1ccc(-c2nc(-c3ccccc3)nc(-c3ccnc(-n4c5ccccc5c5ccc(-c6ccc7sc8ccccc8c7c6)cc54)c3)n2)cc1. The largest absolute Gasteiger partial charge is 0.294 e. The molecule has 0 atom stereocenters. The van der Waals surface area contributed by atoms with Crippen molar-refractivity contribution in [3.8, 4) is 153 Å². The topological polar surface area (TPSA) is 169 Å². The quantitative estimate of drug-likeness (QED) is 0.0953. The highest BCUT2D eigenvalue weighted by molar-refractivity contribution is 7.26. The Morgan fingerprint density at radius 3 is 0.767 bits per heavy atom. The Bertz CT molecular complexity index is 9920. The summed E-state index contributed by atoms with van der Waals surface area (Å²) in [6.07, 6.45) is 3.72. The van der Waals surface area contributed by atoms with Crippen LogP contribution in [0.4, 0.5) is 0 Å². The fraction of sp³-hybridized carbons (Fsp3) is 0. The van der Waals surface area contributed by atoms with Gasteiger partial charge >= 0.3 is 0 Å². The number of fused-ring (bicyclic) bond motifs is 18. The third kappa shape index (κ3) is 16.3. The maximum Gasteiger partial charge on any atom is 0.182 e. The molecular weight excluding hydrogens is 1890 g/mol. The van der Waals surface area contributed by atoms with Gasteiger partial charge in [-0.25, -0.2) is 59.8 Å². The van der Waals surface area contributed by atoms with Crippen molar-refractivity contribution in [2.24, 2.45) is 0 Å². The Hall–Kier alpha value is -19.5. The van der Waals surface area contributed by atoms with E-state index in [1.165, 1.54) is 115 Å². The summed E-state index contributed by atoms with van der Waals surface area (Å²) >= 11 is 5.53. The maximum atomic E-state index is 5.24. The molecule has 0 amide bonds. The number of hydrogen-bond acceptors (Lipinski definition) is 15. The number of benzene rings is 18. The molecule has 12 heterocycles. The zero-order valence-electron chi connectivity index (χ0n) is 80.2. The highest BCUT2D eigenvalue weighted by Crippen LogP contribution is 2.46. The van der Waals surface area contributed by atoms with E-state index in [0.717, 1.165) is 106 Å². The summed E-state index contributed by atoms with van der Waals surface area (Å²) in [5.41, 5.74) is 21.6. The molecule has 150 heavy (non-hydrogen) atoms. The van der Waals surface area contributed by atoms with Crippen molar-refractivity contribution < 1.29 is 0 Å². The first-order chi connectivity index (χ1) is 74.3. The zero-order valence-corrected chi connectivity index (χ0v) is 82.6. The molecule has 0 fully saturated rings. The van der Waals surface area contributed by atoms with E-state index in [-0.39, 0.29) is 0 Å². The maximum absolute atomic E-state index is 5.24. The van der Waals surface area contributed by atoms with E-state index < -0.39 is 0 Å². The van der Waals surface area contributed by atoms with Gasteiger partial charge in [0.15, 0.2) is 52.4 Å². The van der Waals surface area contributed by atoms with E-state index in [1.807, 2.05) is 247 Å². The van der Waals surface area contributed by atoms with Crippen LogP contribution in [0.2, 0.25) is 0 Å². The van der Waals surface area contributed by atoms with Crippen LogP contribution in [0.5, 0.6) is 0 Å². The third-order valence-electron chi connectivity index (χ3n) is 27.9. The number of aromatic nitrogens is 15. The van der Waals surface area contributed by atoms with Gasteiger partial charge in [-0.05, 0) is 161 Å². The summed E-state index contributed by atoms with van der Waals surface area (Å²) in [4.78, 5) is 59.5. The Morgan fingerprint density at radius 1 is 0.140 bits per heavy atom. The Balaban J connectivity index is 0.000000108. The fourth-order valence-electron chi connectivity index (χ4n) is 20.7. The van der Waals surface area contributed by atoms with Crippen LogP contribution >= 0.6 is 34.0 Å². The summed E-state index contributed by atoms with van der Waals surface area (Å²) in [6, 6.07) is 167. The van der Waals surface area contributed by atoms with Gasteiger partial charge in [0.05, 0.1) is 33.1 Å². The Kier molecular flexibility index (Phi) is 22.1. The number of para-hydroxylation sites is 3. The molecule has 0 aliphatic heterocycles. The van der Waals surface area contributed by atoms with Crippen LogP contribution < -0.4 is 0 Å². The van der Waals surface area contributed by atoms with Gasteiger partial charge in [-0.1, -0.05) is 352 Å². The van der Waals surface area contributed by atoms with Crippen molar-refractivity contribution in [3.05, 3.63) is 492 Å². The molecule has 0 unspecified atom stereocenters. The summed E-state index contributed by atoms with van der Waals surface area (Å²) in [5.74, 6) is 7.86. The summed E-state index contributed by atoms with van der Waals surface area (Å²) in [7, 11) is 0. The molecule has 30 rings (SSSR count). The number of nitrogens with zero attached hydrogens (tertiary/aromatic N) is 15. The van der Waals surface area contributed by atoms with Gasteiger partial charge in [0.25, 0.3) is 0 Å². The summed E-state index contributed by atoms with van der Waals surface area (Å²) in [5, 5.41) is 14.9. The fourth-order valence-corrected chi connectivity index (χ4v) is 24.0. The highest BCUT2D eigenvalue weighted by Gasteiger charge is 2.25. The lowest BCUT2D eigenvalue weighted by atomic mass is 10.0. The highest BCUT2D eigenvalue weighted by atomic mass is 32.1. The van der Waals surface area contributed by atoms with Crippen LogP contribution in [0.1, 0.15) is 0 Å². The molecule has 0 saturated heterocycles. The molecule has 0 spiro atoms. The van der Waals surface area contributed by atoms with E-state index >= 15 is 0 Å². The van der Waals surface area contributed by atoms with Crippen molar-refractivity contribution in [1.29, 1.82) is 0 Å². The number of hydrogen-bond donors (Lipinski definition) is 0. The van der Waals surface area contributed by atoms with Gasteiger partial charge in [0.2, 0.25) is 0 Å². The van der Waals surface area contributed by atoms with E-state index in [1.54, 1.807) is 0 Å². The molecular formula is C132H81N15S3.